The van der Waals surface area contributed by atoms with E-state index in [0.29, 0.717) is 6.04 Å². The molecular weight excluding hydrogens is 242 g/mol. The third-order valence-corrected chi connectivity index (χ3v) is 4.50. The number of hydrogen-bond donors (Lipinski definition) is 1. The monoisotopic (exact) mass is 273 g/mol. The maximum atomic E-state index is 3.74. The van der Waals surface area contributed by atoms with Crippen molar-refractivity contribution in [2.45, 2.75) is 83.6 Å². The molecule has 0 heterocycles. The first-order valence-corrected chi connectivity index (χ1v) is 8.74. The lowest BCUT2D eigenvalue weighted by Crippen LogP contribution is -2.20. The number of hydrogen-bond acceptors (Lipinski definition) is 1. The van der Waals surface area contributed by atoms with E-state index < -0.39 is 0 Å². The van der Waals surface area contributed by atoms with Crippen LogP contribution in [-0.2, 0) is 6.42 Å². The van der Waals surface area contributed by atoms with Crippen LogP contribution in [0.15, 0.2) is 24.3 Å². The van der Waals surface area contributed by atoms with Crippen molar-refractivity contribution in [1.82, 2.24) is 0 Å². The summed E-state index contributed by atoms with van der Waals surface area (Å²) in [6.45, 7) is 2.27. The third-order valence-electron chi connectivity index (χ3n) is 4.50. The second-order valence-corrected chi connectivity index (χ2v) is 6.34. The molecule has 0 spiro atoms. The molecule has 1 fully saturated rings. The van der Waals surface area contributed by atoms with Crippen LogP contribution in [-0.4, -0.2) is 6.04 Å². The zero-order chi connectivity index (χ0) is 14.0. The van der Waals surface area contributed by atoms with Gasteiger partial charge in [-0.1, -0.05) is 64.0 Å². The summed E-state index contributed by atoms with van der Waals surface area (Å²) in [7, 11) is 0. The Morgan fingerprint density at radius 3 is 2.20 bits per heavy atom. The van der Waals surface area contributed by atoms with Crippen molar-refractivity contribution < 1.29 is 0 Å². The fourth-order valence-corrected chi connectivity index (χ4v) is 3.18. The second kappa shape index (κ2) is 9.05. The van der Waals surface area contributed by atoms with Gasteiger partial charge in [0.25, 0.3) is 0 Å². The molecule has 0 saturated heterocycles. The van der Waals surface area contributed by atoms with Crippen molar-refractivity contribution in [3.63, 3.8) is 0 Å². The van der Waals surface area contributed by atoms with Crippen LogP contribution in [0.5, 0.6) is 0 Å². The van der Waals surface area contributed by atoms with E-state index in [-0.39, 0.29) is 0 Å². The van der Waals surface area contributed by atoms with Crippen molar-refractivity contribution in [2.24, 2.45) is 0 Å². The molecule has 2 rings (SSSR count). The molecule has 1 aromatic carbocycles. The SMILES string of the molecule is CCCCCc1ccc(NC2CCCCCCC2)cc1. The average molecular weight is 273 g/mol. The van der Waals surface area contributed by atoms with E-state index in [1.807, 2.05) is 0 Å². The topological polar surface area (TPSA) is 12.0 Å². The highest BCUT2D eigenvalue weighted by molar-refractivity contribution is 5.45. The smallest absolute Gasteiger partial charge is 0.0342 e. The molecule has 1 saturated carbocycles. The molecule has 1 heteroatoms. The van der Waals surface area contributed by atoms with Crippen LogP contribution in [0.2, 0.25) is 0 Å². The fraction of sp³-hybridized carbons (Fsp3) is 0.684. The number of nitrogens with one attached hydrogen (secondary N) is 1. The highest BCUT2D eigenvalue weighted by Crippen LogP contribution is 2.21. The van der Waals surface area contributed by atoms with Crippen LogP contribution >= 0.6 is 0 Å². The first-order chi connectivity index (χ1) is 9.88. The molecule has 0 aromatic heterocycles. The number of unbranched alkanes of at least 4 members (excludes halogenated alkanes) is 2. The summed E-state index contributed by atoms with van der Waals surface area (Å²) in [6, 6.07) is 9.86. The van der Waals surface area contributed by atoms with E-state index in [2.05, 4.69) is 36.5 Å². The maximum Gasteiger partial charge on any atom is 0.0342 e. The molecule has 0 aliphatic heterocycles. The predicted octanol–water partition coefficient (Wildman–Crippen LogP) is 5.94. The largest absolute Gasteiger partial charge is 0.382 e. The molecule has 1 nitrogen and oxygen atoms in total. The molecule has 112 valence electrons. The summed E-state index contributed by atoms with van der Waals surface area (Å²) in [5, 5.41) is 3.74. The Labute approximate surface area is 125 Å². The summed E-state index contributed by atoms with van der Waals surface area (Å²) in [6.07, 6.45) is 15.0. The third kappa shape index (κ3) is 5.56. The van der Waals surface area contributed by atoms with Gasteiger partial charge >= 0.3 is 0 Å². The Bertz CT molecular complexity index is 347. The fourth-order valence-electron chi connectivity index (χ4n) is 3.18. The van der Waals surface area contributed by atoms with Crippen LogP contribution < -0.4 is 5.32 Å². The van der Waals surface area contributed by atoms with Gasteiger partial charge in [-0.15, -0.1) is 0 Å². The highest BCUT2D eigenvalue weighted by Gasteiger charge is 2.10. The minimum atomic E-state index is 0.696. The summed E-state index contributed by atoms with van der Waals surface area (Å²) in [5.74, 6) is 0. The highest BCUT2D eigenvalue weighted by atomic mass is 14.9. The Kier molecular flexibility index (Phi) is 6.97. The first kappa shape index (κ1) is 15.4. The first-order valence-electron chi connectivity index (χ1n) is 8.74. The normalized spacial score (nSPS) is 17.4. The van der Waals surface area contributed by atoms with Crippen LogP contribution in [0.3, 0.4) is 0 Å². The molecule has 0 amide bonds. The lowest BCUT2D eigenvalue weighted by atomic mass is 9.96. The van der Waals surface area contributed by atoms with E-state index in [4.69, 9.17) is 0 Å². The maximum absolute atomic E-state index is 3.74. The van der Waals surface area contributed by atoms with Crippen molar-refractivity contribution in [3.05, 3.63) is 29.8 Å². The van der Waals surface area contributed by atoms with Gasteiger partial charge in [0, 0.05) is 11.7 Å². The zero-order valence-electron chi connectivity index (χ0n) is 13.2. The van der Waals surface area contributed by atoms with Crippen molar-refractivity contribution in [1.29, 1.82) is 0 Å². The second-order valence-electron chi connectivity index (χ2n) is 6.34. The van der Waals surface area contributed by atoms with E-state index in [9.17, 15) is 0 Å². The van der Waals surface area contributed by atoms with Gasteiger partial charge in [-0.25, -0.2) is 0 Å². The molecule has 20 heavy (non-hydrogen) atoms. The van der Waals surface area contributed by atoms with Gasteiger partial charge in [0.1, 0.15) is 0 Å². The van der Waals surface area contributed by atoms with Gasteiger partial charge in [-0.3, -0.25) is 0 Å². The lowest BCUT2D eigenvalue weighted by molar-refractivity contribution is 0.471. The van der Waals surface area contributed by atoms with Gasteiger partial charge in [0.2, 0.25) is 0 Å². The van der Waals surface area contributed by atoms with Crippen LogP contribution in [0.25, 0.3) is 0 Å². The minimum absolute atomic E-state index is 0.696. The van der Waals surface area contributed by atoms with E-state index >= 15 is 0 Å². The Hall–Kier alpha value is -0.980. The predicted molar refractivity (Wildman–Crippen MR) is 89.4 cm³/mol. The summed E-state index contributed by atoms with van der Waals surface area (Å²) < 4.78 is 0. The molecule has 0 atom stereocenters. The summed E-state index contributed by atoms with van der Waals surface area (Å²) >= 11 is 0. The molecule has 1 aliphatic rings. The summed E-state index contributed by atoms with van der Waals surface area (Å²) in [5.41, 5.74) is 2.80. The molecule has 0 radical (unpaired) electrons. The van der Waals surface area contributed by atoms with Gasteiger partial charge in [-0.2, -0.15) is 0 Å². The molecule has 1 aliphatic carbocycles. The number of benzene rings is 1. The minimum Gasteiger partial charge on any atom is -0.382 e. The average Bonchev–Trinajstić information content (AvgIpc) is 2.44. The zero-order valence-corrected chi connectivity index (χ0v) is 13.2. The lowest BCUT2D eigenvalue weighted by Gasteiger charge is -2.22. The molecular formula is C19H31N. The quantitative estimate of drug-likeness (QED) is 0.632. The van der Waals surface area contributed by atoms with Crippen LogP contribution in [0.1, 0.15) is 76.7 Å². The van der Waals surface area contributed by atoms with Crippen LogP contribution in [0.4, 0.5) is 5.69 Å². The molecule has 0 unspecified atom stereocenters. The van der Waals surface area contributed by atoms with Gasteiger partial charge in [0.05, 0.1) is 0 Å². The van der Waals surface area contributed by atoms with Crippen LogP contribution in [0, 0.1) is 0 Å². The van der Waals surface area contributed by atoms with Gasteiger partial charge in [0.15, 0.2) is 0 Å². The standard InChI is InChI=1S/C19H31N/c1-2-3-7-10-17-13-15-19(16-14-17)20-18-11-8-5-4-6-9-12-18/h13-16,18,20H,2-12H2,1H3. The van der Waals surface area contributed by atoms with E-state index in [0.717, 1.165) is 0 Å². The van der Waals surface area contributed by atoms with Crippen molar-refractivity contribution in [2.75, 3.05) is 5.32 Å². The van der Waals surface area contributed by atoms with Crippen molar-refractivity contribution in [3.8, 4) is 0 Å². The molecule has 1 N–H and O–H groups in total. The number of aryl methyl sites for hydroxylation is 1. The molecule has 0 bridgehead atoms. The van der Waals surface area contributed by atoms with Gasteiger partial charge < -0.3 is 5.32 Å². The Morgan fingerprint density at radius 1 is 0.900 bits per heavy atom. The van der Waals surface area contributed by atoms with Crippen molar-refractivity contribution >= 4 is 5.69 Å². The number of anilines is 1. The summed E-state index contributed by atoms with van der Waals surface area (Å²) in [4.78, 5) is 0. The van der Waals surface area contributed by atoms with E-state index in [1.54, 1.807) is 0 Å². The molecule has 1 aromatic rings. The Morgan fingerprint density at radius 2 is 1.55 bits per heavy atom. The number of rotatable bonds is 6. The van der Waals surface area contributed by atoms with E-state index in [1.165, 1.54) is 81.9 Å². The van der Waals surface area contributed by atoms with Gasteiger partial charge in [-0.05, 0) is 43.4 Å². The Balaban J connectivity index is 1.79.